The summed E-state index contributed by atoms with van der Waals surface area (Å²) in [5.41, 5.74) is 3.39. The number of pyridine rings is 1. The SMILES string of the molecule is CCOC(=O)c1c(Br)c2c(n1Cc1ccc(I)cc1)-c1[nH]c(=O)c(S(=O)(=O)c3ccccc3)cc1CC2. The van der Waals surface area contributed by atoms with Crippen molar-refractivity contribution in [3.8, 4) is 11.4 Å². The van der Waals surface area contributed by atoms with E-state index in [0.29, 0.717) is 46.5 Å². The van der Waals surface area contributed by atoms with Gasteiger partial charge in [0.25, 0.3) is 5.56 Å². The van der Waals surface area contributed by atoms with Gasteiger partial charge < -0.3 is 14.3 Å². The molecule has 0 aliphatic heterocycles. The fraction of sp³-hybridized carbons (Fsp3) is 0.185. The van der Waals surface area contributed by atoms with Crippen molar-refractivity contribution in [2.45, 2.75) is 36.1 Å². The summed E-state index contributed by atoms with van der Waals surface area (Å²) >= 11 is 5.85. The number of carbonyl (C=O) groups is 1. The third-order valence-corrected chi connectivity index (χ3v) is 9.68. The Morgan fingerprint density at radius 1 is 1.11 bits per heavy atom. The molecule has 0 atom stereocenters. The van der Waals surface area contributed by atoms with E-state index in [2.05, 4.69) is 43.5 Å². The molecule has 1 N–H and O–H groups in total. The molecule has 0 spiro atoms. The van der Waals surface area contributed by atoms with Gasteiger partial charge in [0, 0.05) is 10.1 Å². The third kappa shape index (κ3) is 4.70. The first-order valence-corrected chi connectivity index (χ1v) is 15.0. The maximum Gasteiger partial charge on any atom is 0.356 e. The summed E-state index contributed by atoms with van der Waals surface area (Å²) in [5, 5.41) is 0. The highest BCUT2D eigenvalue weighted by molar-refractivity contribution is 14.1. The summed E-state index contributed by atoms with van der Waals surface area (Å²) in [6, 6.07) is 17.3. The topological polar surface area (TPSA) is 98.2 Å². The van der Waals surface area contributed by atoms with Gasteiger partial charge in [-0.3, -0.25) is 4.79 Å². The molecule has 5 rings (SSSR count). The molecule has 10 heteroatoms. The van der Waals surface area contributed by atoms with Crippen LogP contribution in [0.5, 0.6) is 0 Å². The summed E-state index contributed by atoms with van der Waals surface area (Å²) in [5.74, 6) is -0.471. The highest BCUT2D eigenvalue weighted by Gasteiger charge is 2.33. The van der Waals surface area contributed by atoms with E-state index in [9.17, 15) is 18.0 Å². The molecule has 37 heavy (non-hydrogen) atoms. The van der Waals surface area contributed by atoms with E-state index in [1.807, 2.05) is 28.8 Å². The quantitative estimate of drug-likeness (QED) is 0.217. The number of carbonyl (C=O) groups excluding carboxylic acids is 1. The standard InChI is InChI=1S/C27H22BrIN2O5S/c1-2-36-27(33)25-22(28)20-13-10-17-14-21(37(34,35)19-6-4-3-5-7-19)26(32)30-23(17)24(20)31(25)15-16-8-11-18(29)12-9-16/h3-9,11-12,14H,2,10,13,15H2,1H3,(H,30,32). The van der Waals surface area contributed by atoms with Gasteiger partial charge in [0.1, 0.15) is 10.6 Å². The van der Waals surface area contributed by atoms with Crippen molar-refractivity contribution >= 4 is 54.3 Å². The second-order valence-electron chi connectivity index (χ2n) is 8.60. The fourth-order valence-corrected chi connectivity index (χ4v) is 7.11. The number of fused-ring (bicyclic) bond motifs is 3. The van der Waals surface area contributed by atoms with Crippen molar-refractivity contribution in [2.75, 3.05) is 6.61 Å². The summed E-state index contributed by atoms with van der Waals surface area (Å²) in [4.78, 5) is 28.9. The molecule has 0 amide bonds. The third-order valence-electron chi connectivity index (χ3n) is 6.33. The Kier molecular flexibility index (Phi) is 7.16. The van der Waals surface area contributed by atoms with Crippen LogP contribution < -0.4 is 5.56 Å². The van der Waals surface area contributed by atoms with Gasteiger partial charge in [-0.05, 0) is 105 Å². The number of rotatable bonds is 6. The minimum atomic E-state index is -4.00. The minimum Gasteiger partial charge on any atom is -0.461 e. The number of benzene rings is 2. The lowest BCUT2D eigenvalue weighted by Crippen LogP contribution is -2.22. The molecule has 2 aromatic carbocycles. The largest absolute Gasteiger partial charge is 0.461 e. The van der Waals surface area contributed by atoms with Crippen molar-refractivity contribution in [3.05, 3.63) is 101 Å². The molecular formula is C27H22BrIN2O5S. The van der Waals surface area contributed by atoms with Crippen molar-refractivity contribution in [3.63, 3.8) is 0 Å². The van der Waals surface area contributed by atoms with Crippen LogP contribution in [0.3, 0.4) is 0 Å². The van der Waals surface area contributed by atoms with Crippen molar-refractivity contribution in [2.24, 2.45) is 0 Å². The van der Waals surface area contributed by atoms with Crippen molar-refractivity contribution < 1.29 is 17.9 Å². The number of halogens is 2. The monoisotopic (exact) mass is 692 g/mol. The summed E-state index contributed by atoms with van der Waals surface area (Å²) < 4.78 is 35.4. The van der Waals surface area contributed by atoms with Crippen LogP contribution in [0, 0.1) is 3.57 Å². The molecule has 2 aromatic heterocycles. The van der Waals surface area contributed by atoms with Crippen LogP contribution in [0.25, 0.3) is 11.4 Å². The molecule has 7 nitrogen and oxygen atoms in total. The van der Waals surface area contributed by atoms with E-state index < -0.39 is 21.4 Å². The first-order chi connectivity index (χ1) is 17.7. The highest BCUT2D eigenvalue weighted by Crippen LogP contribution is 2.41. The normalized spacial score (nSPS) is 12.6. The lowest BCUT2D eigenvalue weighted by Gasteiger charge is -2.21. The number of hydrogen-bond donors (Lipinski definition) is 1. The molecule has 1 aliphatic rings. The first-order valence-electron chi connectivity index (χ1n) is 11.6. The smallest absolute Gasteiger partial charge is 0.356 e. The van der Waals surface area contributed by atoms with Crippen LogP contribution in [0.2, 0.25) is 0 Å². The van der Waals surface area contributed by atoms with Crippen LogP contribution in [0.4, 0.5) is 0 Å². The Labute approximate surface area is 236 Å². The van der Waals surface area contributed by atoms with E-state index >= 15 is 0 Å². The molecule has 1 aliphatic carbocycles. The second-order valence-corrected chi connectivity index (χ2v) is 12.6. The number of H-pyrrole nitrogens is 1. The van der Waals surface area contributed by atoms with Crippen LogP contribution in [-0.4, -0.2) is 30.5 Å². The number of aryl methyl sites for hydroxylation is 1. The molecule has 4 aromatic rings. The molecule has 0 saturated carbocycles. The number of hydrogen-bond acceptors (Lipinski definition) is 5. The number of aromatic amines is 1. The van der Waals surface area contributed by atoms with Gasteiger partial charge in [-0.2, -0.15) is 0 Å². The Balaban J connectivity index is 1.71. The first kappa shape index (κ1) is 25.9. The van der Waals surface area contributed by atoms with E-state index in [0.717, 1.165) is 14.7 Å². The molecule has 0 saturated heterocycles. The molecule has 190 valence electrons. The number of aromatic nitrogens is 2. The maximum atomic E-state index is 13.2. The number of sulfone groups is 1. The summed E-state index contributed by atoms with van der Waals surface area (Å²) in [7, 11) is -4.00. The molecule has 0 radical (unpaired) electrons. The summed E-state index contributed by atoms with van der Waals surface area (Å²) in [6.45, 7) is 2.34. The van der Waals surface area contributed by atoms with E-state index in [1.165, 1.54) is 18.2 Å². The Bertz CT molecular complexity index is 1680. The van der Waals surface area contributed by atoms with Crippen LogP contribution >= 0.6 is 38.5 Å². The highest BCUT2D eigenvalue weighted by atomic mass is 127. The minimum absolute atomic E-state index is 0.0615. The van der Waals surface area contributed by atoms with Crippen LogP contribution in [0.1, 0.15) is 34.1 Å². The van der Waals surface area contributed by atoms with Crippen molar-refractivity contribution in [1.29, 1.82) is 0 Å². The lowest BCUT2D eigenvalue weighted by molar-refractivity contribution is 0.0513. The number of nitrogens with one attached hydrogen (secondary N) is 1. The van der Waals surface area contributed by atoms with Gasteiger partial charge in [0.2, 0.25) is 9.84 Å². The number of esters is 1. The average molecular weight is 693 g/mol. The molecular weight excluding hydrogens is 671 g/mol. The maximum absolute atomic E-state index is 13.2. The predicted molar refractivity (Wildman–Crippen MR) is 152 cm³/mol. The van der Waals surface area contributed by atoms with Gasteiger partial charge >= 0.3 is 5.97 Å². The van der Waals surface area contributed by atoms with Crippen LogP contribution in [-0.2, 0) is 34.0 Å². The average Bonchev–Trinajstić information content (AvgIpc) is 3.17. The van der Waals surface area contributed by atoms with Gasteiger partial charge in [-0.15, -0.1) is 0 Å². The second kappa shape index (κ2) is 10.2. The van der Waals surface area contributed by atoms with E-state index in [4.69, 9.17) is 4.74 Å². The van der Waals surface area contributed by atoms with Gasteiger partial charge in [-0.1, -0.05) is 30.3 Å². The Hall–Kier alpha value is -2.70. The van der Waals surface area contributed by atoms with Gasteiger partial charge in [0.15, 0.2) is 0 Å². The van der Waals surface area contributed by atoms with Gasteiger partial charge in [-0.25, -0.2) is 13.2 Å². The Morgan fingerprint density at radius 3 is 2.49 bits per heavy atom. The fourth-order valence-electron chi connectivity index (χ4n) is 4.63. The summed E-state index contributed by atoms with van der Waals surface area (Å²) in [6.07, 6.45) is 1.07. The number of nitrogens with zero attached hydrogens (tertiary/aromatic N) is 1. The zero-order chi connectivity index (χ0) is 26.3. The van der Waals surface area contributed by atoms with Crippen molar-refractivity contribution in [1.82, 2.24) is 9.55 Å². The van der Waals surface area contributed by atoms with Gasteiger partial charge in [0.05, 0.1) is 27.4 Å². The molecule has 0 bridgehead atoms. The van der Waals surface area contributed by atoms with Crippen LogP contribution in [0.15, 0.2) is 79.7 Å². The number of ether oxygens (including phenoxy) is 1. The van der Waals surface area contributed by atoms with E-state index in [-0.39, 0.29) is 16.4 Å². The molecule has 0 fully saturated rings. The molecule has 2 heterocycles. The van der Waals surface area contributed by atoms with E-state index in [1.54, 1.807) is 25.1 Å². The Morgan fingerprint density at radius 2 is 1.81 bits per heavy atom. The zero-order valence-corrected chi connectivity index (χ0v) is 24.3. The predicted octanol–water partition coefficient (Wildman–Crippen LogP) is 5.37. The molecule has 0 unspecified atom stereocenters. The lowest BCUT2D eigenvalue weighted by atomic mass is 9.94. The zero-order valence-electron chi connectivity index (χ0n) is 19.8.